The highest BCUT2D eigenvalue weighted by Crippen LogP contribution is 2.37. The van der Waals surface area contributed by atoms with Gasteiger partial charge in [0, 0.05) is 17.5 Å². The lowest BCUT2D eigenvalue weighted by atomic mass is 9.98. The molecule has 6 nitrogen and oxygen atoms in total. The topological polar surface area (TPSA) is 86.5 Å². The highest BCUT2D eigenvalue weighted by atomic mass is 35.5. The minimum Gasteiger partial charge on any atom is -0.454 e. The number of benzene rings is 1. The average Bonchev–Trinajstić information content (AvgIpc) is 3.34. The molecule has 0 bridgehead atoms. The van der Waals surface area contributed by atoms with E-state index in [1.54, 1.807) is 5.38 Å². The number of halogens is 2. The fourth-order valence-corrected chi connectivity index (χ4v) is 4.07. The molecule has 1 aliphatic heterocycles. The highest BCUT2D eigenvalue weighted by molar-refractivity contribution is 7.13. The van der Waals surface area contributed by atoms with Crippen LogP contribution in [0, 0.1) is 0 Å². The second kappa shape index (κ2) is 8.43. The number of aromatic nitrogens is 1. The summed E-state index contributed by atoms with van der Waals surface area (Å²) in [6.07, 6.45) is 4.09. The number of thiazole rings is 1. The molecule has 4 rings (SSSR count). The van der Waals surface area contributed by atoms with E-state index in [-0.39, 0.29) is 43.1 Å². The summed E-state index contributed by atoms with van der Waals surface area (Å²) in [7, 11) is 0. The highest BCUT2D eigenvalue weighted by Gasteiger charge is 2.34. The summed E-state index contributed by atoms with van der Waals surface area (Å²) in [6, 6.07) is 5.67. The molecule has 2 aliphatic rings. The van der Waals surface area contributed by atoms with Crippen molar-refractivity contribution in [3.05, 3.63) is 29.3 Å². The first-order chi connectivity index (χ1) is 11.7. The lowest BCUT2D eigenvalue weighted by molar-refractivity contribution is 0.0898. The third kappa shape index (κ3) is 3.91. The normalized spacial score (nSPS) is 16.5. The molecular weight excluding hydrogens is 397 g/mol. The van der Waals surface area contributed by atoms with Crippen LogP contribution in [0.15, 0.2) is 23.6 Å². The molecule has 1 aromatic heterocycles. The third-order valence-corrected chi connectivity index (χ3v) is 5.58. The van der Waals surface area contributed by atoms with Gasteiger partial charge in [-0.2, -0.15) is 0 Å². The first-order valence-corrected chi connectivity index (χ1v) is 8.95. The van der Waals surface area contributed by atoms with E-state index in [0.717, 1.165) is 42.0 Å². The van der Waals surface area contributed by atoms with Crippen molar-refractivity contribution in [3.63, 3.8) is 0 Å². The molecule has 26 heavy (non-hydrogen) atoms. The third-order valence-electron chi connectivity index (χ3n) is 4.69. The first-order valence-electron chi connectivity index (χ1n) is 8.07. The monoisotopic (exact) mass is 417 g/mol. The number of carbonyl (C=O) groups excluding carboxylic acids is 1. The van der Waals surface area contributed by atoms with Crippen LogP contribution in [-0.2, 0) is 0 Å². The number of carbonyl (C=O) groups is 1. The van der Waals surface area contributed by atoms with Crippen molar-refractivity contribution in [1.82, 2.24) is 10.3 Å². The largest absolute Gasteiger partial charge is 0.454 e. The van der Waals surface area contributed by atoms with Crippen LogP contribution in [0.2, 0.25) is 0 Å². The molecule has 1 fully saturated rings. The van der Waals surface area contributed by atoms with Crippen LogP contribution in [-0.4, -0.2) is 29.8 Å². The SMILES string of the molecule is Cl.Cl.NCC1(NC(=O)c2csc(-c3ccc4c(c3)OCO4)n2)CCCC1. The molecule has 0 atom stereocenters. The standard InChI is InChI=1S/C17H19N3O3S.2ClH/c18-9-17(5-1-2-6-17)20-15(21)12-8-24-16(19-12)11-3-4-13-14(7-11)23-10-22-13;;/h3-4,7-8H,1-2,5-6,9-10,18H2,(H,20,21);2*1H. The number of rotatable bonds is 4. The second-order valence-electron chi connectivity index (χ2n) is 6.25. The van der Waals surface area contributed by atoms with E-state index in [9.17, 15) is 4.79 Å². The maximum absolute atomic E-state index is 12.5. The fraction of sp³-hybridized carbons (Fsp3) is 0.412. The van der Waals surface area contributed by atoms with Gasteiger partial charge in [0.25, 0.3) is 5.91 Å². The quantitative estimate of drug-likeness (QED) is 0.795. The van der Waals surface area contributed by atoms with Gasteiger partial charge < -0.3 is 20.5 Å². The number of nitrogens with one attached hydrogen (secondary N) is 1. The number of ether oxygens (including phenoxy) is 2. The summed E-state index contributed by atoms with van der Waals surface area (Å²) in [5.74, 6) is 1.30. The first kappa shape index (κ1) is 20.8. The van der Waals surface area contributed by atoms with Gasteiger partial charge in [0.15, 0.2) is 11.5 Å². The Balaban J connectivity index is 0.00000121. The number of nitrogens with two attached hydrogens (primary N) is 1. The van der Waals surface area contributed by atoms with E-state index >= 15 is 0 Å². The van der Waals surface area contributed by atoms with Gasteiger partial charge in [-0.25, -0.2) is 4.98 Å². The predicted octanol–water partition coefficient (Wildman–Crippen LogP) is 3.38. The summed E-state index contributed by atoms with van der Waals surface area (Å²) >= 11 is 1.44. The van der Waals surface area contributed by atoms with Crippen LogP contribution in [0.5, 0.6) is 11.5 Å². The molecule has 142 valence electrons. The van der Waals surface area contributed by atoms with E-state index in [4.69, 9.17) is 15.2 Å². The van der Waals surface area contributed by atoms with Gasteiger partial charge in [0.1, 0.15) is 10.7 Å². The van der Waals surface area contributed by atoms with Crippen LogP contribution in [0.1, 0.15) is 36.2 Å². The summed E-state index contributed by atoms with van der Waals surface area (Å²) < 4.78 is 10.7. The van der Waals surface area contributed by atoms with E-state index < -0.39 is 0 Å². The van der Waals surface area contributed by atoms with Gasteiger partial charge in [-0.15, -0.1) is 36.2 Å². The molecule has 3 N–H and O–H groups in total. The molecule has 1 aromatic carbocycles. The summed E-state index contributed by atoms with van der Waals surface area (Å²) in [5.41, 5.74) is 6.97. The molecule has 0 unspecified atom stereocenters. The average molecular weight is 418 g/mol. The molecule has 0 spiro atoms. The number of hydrogen-bond donors (Lipinski definition) is 2. The van der Waals surface area contributed by atoms with Gasteiger partial charge in [-0.1, -0.05) is 12.8 Å². The van der Waals surface area contributed by atoms with Gasteiger partial charge >= 0.3 is 0 Å². The molecule has 1 amide bonds. The van der Waals surface area contributed by atoms with Crippen LogP contribution >= 0.6 is 36.2 Å². The molecule has 0 radical (unpaired) electrons. The van der Waals surface area contributed by atoms with Crippen molar-refractivity contribution in [3.8, 4) is 22.1 Å². The molecule has 1 saturated carbocycles. The minimum absolute atomic E-state index is 0. The van der Waals surface area contributed by atoms with Crippen molar-refractivity contribution in [2.24, 2.45) is 5.73 Å². The Morgan fingerprint density at radius 3 is 2.69 bits per heavy atom. The Morgan fingerprint density at radius 2 is 1.96 bits per heavy atom. The predicted molar refractivity (Wildman–Crippen MR) is 106 cm³/mol. The Labute approximate surface area is 168 Å². The number of nitrogens with zero attached hydrogens (tertiary/aromatic N) is 1. The smallest absolute Gasteiger partial charge is 0.271 e. The number of hydrogen-bond acceptors (Lipinski definition) is 6. The van der Waals surface area contributed by atoms with Gasteiger partial charge in [-0.3, -0.25) is 4.79 Å². The van der Waals surface area contributed by atoms with E-state index in [1.807, 2.05) is 18.2 Å². The summed E-state index contributed by atoms with van der Waals surface area (Å²) in [4.78, 5) is 17.0. The lowest BCUT2D eigenvalue weighted by Crippen LogP contribution is -2.51. The molecule has 2 aromatic rings. The lowest BCUT2D eigenvalue weighted by Gasteiger charge is -2.28. The summed E-state index contributed by atoms with van der Waals surface area (Å²) in [5, 5.41) is 5.67. The van der Waals surface area contributed by atoms with E-state index in [0.29, 0.717) is 18.0 Å². The Bertz CT molecular complexity index is 778. The number of fused-ring (bicyclic) bond motifs is 1. The van der Waals surface area contributed by atoms with Crippen LogP contribution in [0.4, 0.5) is 0 Å². The second-order valence-corrected chi connectivity index (χ2v) is 7.11. The molecular formula is C17H21Cl2N3O3S. The Hall–Kier alpha value is -1.54. The van der Waals surface area contributed by atoms with Crippen LogP contribution in [0.25, 0.3) is 10.6 Å². The van der Waals surface area contributed by atoms with Crippen molar-refractivity contribution < 1.29 is 14.3 Å². The number of amides is 1. The Kier molecular flexibility index (Phi) is 6.74. The maximum Gasteiger partial charge on any atom is 0.271 e. The van der Waals surface area contributed by atoms with E-state index in [1.165, 1.54) is 11.3 Å². The molecule has 2 heterocycles. The zero-order valence-electron chi connectivity index (χ0n) is 14.0. The fourth-order valence-electron chi connectivity index (χ4n) is 3.28. The summed E-state index contributed by atoms with van der Waals surface area (Å²) in [6.45, 7) is 0.712. The zero-order valence-corrected chi connectivity index (χ0v) is 16.5. The molecule has 0 saturated heterocycles. The van der Waals surface area contributed by atoms with Crippen LogP contribution in [0.3, 0.4) is 0 Å². The molecule has 9 heteroatoms. The van der Waals surface area contributed by atoms with Crippen molar-refractivity contribution in [2.75, 3.05) is 13.3 Å². The van der Waals surface area contributed by atoms with Crippen molar-refractivity contribution in [2.45, 2.75) is 31.2 Å². The zero-order chi connectivity index (χ0) is 16.6. The van der Waals surface area contributed by atoms with Crippen LogP contribution < -0.4 is 20.5 Å². The van der Waals surface area contributed by atoms with Gasteiger partial charge in [0.2, 0.25) is 6.79 Å². The maximum atomic E-state index is 12.5. The van der Waals surface area contributed by atoms with Crippen molar-refractivity contribution in [1.29, 1.82) is 0 Å². The minimum atomic E-state index is -0.264. The molecule has 1 aliphatic carbocycles. The van der Waals surface area contributed by atoms with Gasteiger partial charge in [-0.05, 0) is 31.0 Å². The Morgan fingerprint density at radius 1 is 1.23 bits per heavy atom. The van der Waals surface area contributed by atoms with E-state index in [2.05, 4.69) is 10.3 Å². The van der Waals surface area contributed by atoms with Gasteiger partial charge in [0.05, 0.1) is 5.54 Å². The van der Waals surface area contributed by atoms with Crippen molar-refractivity contribution >= 4 is 42.1 Å².